The fourth-order valence-corrected chi connectivity index (χ4v) is 3.43. The molecule has 0 radical (unpaired) electrons. The number of benzene rings is 1. The smallest absolute Gasteiger partial charge is 0.197 e. The SMILES string of the molecule is Cn1cc(-c2csc(NC3=NCCCN3)n2)c2ccccc21. The number of nitrogens with one attached hydrogen (secondary N) is 2. The summed E-state index contributed by atoms with van der Waals surface area (Å²) in [7, 11) is 2.07. The largest absolute Gasteiger partial charge is 0.356 e. The first kappa shape index (κ1) is 13.3. The van der Waals surface area contributed by atoms with Crippen LogP contribution in [0.5, 0.6) is 0 Å². The van der Waals surface area contributed by atoms with Crippen molar-refractivity contribution in [1.82, 2.24) is 14.9 Å². The van der Waals surface area contributed by atoms with E-state index in [0.717, 1.165) is 36.3 Å². The van der Waals surface area contributed by atoms with Crippen molar-refractivity contribution in [2.75, 3.05) is 18.4 Å². The molecule has 0 saturated carbocycles. The Bertz CT molecular complexity index is 845. The average Bonchev–Trinajstić information content (AvgIpc) is 3.14. The number of hydrogen-bond acceptors (Lipinski definition) is 5. The van der Waals surface area contributed by atoms with E-state index in [-0.39, 0.29) is 0 Å². The summed E-state index contributed by atoms with van der Waals surface area (Å²) in [6.07, 6.45) is 3.23. The fourth-order valence-electron chi connectivity index (χ4n) is 2.72. The van der Waals surface area contributed by atoms with Crippen molar-refractivity contribution in [1.29, 1.82) is 0 Å². The molecule has 0 fully saturated rings. The van der Waals surface area contributed by atoms with Crippen LogP contribution in [-0.2, 0) is 7.05 Å². The molecular formula is C16H17N5S. The molecule has 112 valence electrons. The summed E-state index contributed by atoms with van der Waals surface area (Å²) in [6, 6.07) is 8.40. The van der Waals surface area contributed by atoms with E-state index in [0.29, 0.717) is 0 Å². The minimum absolute atomic E-state index is 0.824. The van der Waals surface area contributed by atoms with Crippen molar-refractivity contribution in [2.45, 2.75) is 6.42 Å². The molecule has 22 heavy (non-hydrogen) atoms. The third kappa shape index (κ3) is 2.35. The first-order valence-electron chi connectivity index (χ1n) is 7.36. The van der Waals surface area contributed by atoms with E-state index in [1.165, 1.54) is 16.5 Å². The number of aromatic nitrogens is 2. The van der Waals surface area contributed by atoms with Crippen LogP contribution in [0.3, 0.4) is 0 Å². The monoisotopic (exact) mass is 311 g/mol. The maximum Gasteiger partial charge on any atom is 0.197 e. The van der Waals surface area contributed by atoms with E-state index in [1.807, 2.05) is 0 Å². The van der Waals surface area contributed by atoms with Gasteiger partial charge in [0.15, 0.2) is 11.1 Å². The summed E-state index contributed by atoms with van der Waals surface area (Å²) in [6.45, 7) is 1.84. The molecule has 0 saturated heterocycles. The lowest BCUT2D eigenvalue weighted by molar-refractivity contribution is 0.740. The minimum Gasteiger partial charge on any atom is -0.356 e. The van der Waals surface area contributed by atoms with Crippen LogP contribution in [0.25, 0.3) is 22.2 Å². The van der Waals surface area contributed by atoms with Crippen molar-refractivity contribution in [3.8, 4) is 11.3 Å². The summed E-state index contributed by atoms with van der Waals surface area (Å²) in [5, 5.41) is 10.7. The Kier molecular flexibility index (Phi) is 3.31. The lowest BCUT2D eigenvalue weighted by atomic mass is 10.1. The summed E-state index contributed by atoms with van der Waals surface area (Å²) in [5.74, 6) is 0.824. The lowest BCUT2D eigenvalue weighted by Crippen LogP contribution is -2.35. The predicted molar refractivity (Wildman–Crippen MR) is 92.6 cm³/mol. The Labute approximate surface area is 132 Å². The van der Waals surface area contributed by atoms with Gasteiger partial charge < -0.3 is 15.2 Å². The van der Waals surface area contributed by atoms with Crippen LogP contribution in [0.15, 0.2) is 40.8 Å². The summed E-state index contributed by atoms with van der Waals surface area (Å²) < 4.78 is 2.14. The van der Waals surface area contributed by atoms with Crippen molar-refractivity contribution in [2.24, 2.45) is 12.0 Å². The van der Waals surface area contributed by atoms with Gasteiger partial charge in [0.1, 0.15) is 0 Å². The number of aryl methyl sites for hydroxylation is 1. The second kappa shape index (κ2) is 5.46. The summed E-state index contributed by atoms with van der Waals surface area (Å²) >= 11 is 1.60. The molecule has 2 aromatic heterocycles. The van der Waals surface area contributed by atoms with Gasteiger partial charge in [-0.1, -0.05) is 18.2 Å². The van der Waals surface area contributed by atoms with Crippen LogP contribution in [0.4, 0.5) is 5.13 Å². The molecule has 4 rings (SSSR count). The van der Waals surface area contributed by atoms with E-state index < -0.39 is 0 Å². The molecule has 0 unspecified atom stereocenters. The Morgan fingerprint density at radius 1 is 1.32 bits per heavy atom. The Morgan fingerprint density at radius 2 is 2.23 bits per heavy atom. The van der Waals surface area contributed by atoms with Crippen LogP contribution in [0.2, 0.25) is 0 Å². The Balaban J connectivity index is 1.67. The van der Waals surface area contributed by atoms with Crippen LogP contribution in [-0.4, -0.2) is 28.6 Å². The first-order valence-corrected chi connectivity index (χ1v) is 8.24. The normalized spacial score (nSPS) is 14.7. The summed E-state index contributed by atoms with van der Waals surface area (Å²) in [5.41, 5.74) is 3.39. The van der Waals surface area contributed by atoms with Gasteiger partial charge in [0.05, 0.1) is 5.69 Å². The number of fused-ring (bicyclic) bond motifs is 1. The number of rotatable bonds is 2. The number of anilines is 1. The van der Waals surface area contributed by atoms with E-state index in [4.69, 9.17) is 4.98 Å². The minimum atomic E-state index is 0.824. The van der Waals surface area contributed by atoms with Gasteiger partial charge in [0.2, 0.25) is 0 Å². The Hall–Kier alpha value is -2.34. The molecule has 0 bridgehead atoms. The fraction of sp³-hybridized carbons (Fsp3) is 0.250. The number of hydrogen-bond donors (Lipinski definition) is 2. The molecule has 1 aromatic carbocycles. The topological polar surface area (TPSA) is 54.2 Å². The highest BCUT2D eigenvalue weighted by Gasteiger charge is 2.12. The standard InChI is InChI=1S/C16H17N5S/c1-21-9-12(11-5-2-3-6-14(11)21)13-10-22-16(19-13)20-15-17-7-4-8-18-15/h2-3,5-6,9-10H,4,7-8H2,1H3,(H2,17,18,19,20). The molecule has 0 aliphatic carbocycles. The van der Waals surface area contributed by atoms with E-state index in [9.17, 15) is 0 Å². The Morgan fingerprint density at radius 3 is 3.09 bits per heavy atom. The lowest BCUT2D eigenvalue weighted by Gasteiger charge is -2.14. The van der Waals surface area contributed by atoms with Crippen LogP contribution < -0.4 is 10.6 Å². The van der Waals surface area contributed by atoms with E-state index in [1.54, 1.807) is 11.3 Å². The van der Waals surface area contributed by atoms with Crippen molar-refractivity contribution < 1.29 is 0 Å². The second-order valence-electron chi connectivity index (χ2n) is 5.34. The van der Waals surface area contributed by atoms with Gasteiger partial charge in [-0.25, -0.2) is 4.98 Å². The third-order valence-corrected chi connectivity index (χ3v) is 4.56. The third-order valence-electron chi connectivity index (χ3n) is 3.80. The highest BCUT2D eigenvalue weighted by Crippen LogP contribution is 2.32. The average molecular weight is 311 g/mol. The first-order chi connectivity index (χ1) is 10.8. The van der Waals surface area contributed by atoms with E-state index >= 15 is 0 Å². The van der Waals surface area contributed by atoms with Gasteiger partial charge >= 0.3 is 0 Å². The van der Waals surface area contributed by atoms with E-state index in [2.05, 4.69) is 63.1 Å². The molecule has 1 aliphatic heterocycles. The zero-order valence-electron chi connectivity index (χ0n) is 12.3. The maximum absolute atomic E-state index is 4.71. The molecule has 1 aliphatic rings. The van der Waals surface area contributed by atoms with Gasteiger partial charge in [0, 0.05) is 48.2 Å². The van der Waals surface area contributed by atoms with Gasteiger partial charge in [-0.3, -0.25) is 4.99 Å². The van der Waals surface area contributed by atoms with Gasteiger partial charge in [-0.2, -0.15) is 0 Å². The van der Waals surface area contributed by atoms with Gasteiger partial charge in [-0.05, 0) is 12.5 Å². The zero-order valence-corrected chi connectivity index (χ0v) is 13.2. The van der Waals surface area contributed by atoms with Gasteiger partial charge in [0.25, 0.3) is 0 Å². The molecule has 6 heteroatoms. The molecular weight excluding hydrogens is 294 g/mol. The molecule has 0 amide bonds. The van der Waals surface area contributed by atoms with Crippen LogP contribution in [0.1, 0.15) is 6.42 Å². The van der Waals surface area contributed by atoms with Gasteiger partial charge in [-0.15, -0.1) is 11.3 Å². The van der Waals surface area contributed by atoms with Crippen molar-refractivity contribution in [3.63, 3.8) is 0 Å². The highest BCUT2D eigenvalue weighted by atomic mass is 32.1. The molecule has 0 spiro atoms. The second-order valence-corrected chi connectivity index (χ2v) is 6.20. The van der Waals surface area contributed by atoms with Crippen molar-refractivity contribution in [3.05, 3.63) is 35.8 Å². The van der Waals surface area contributed by atoms with Crippen LogP contribution >= 0.6 is 11.3 Å². The molecule has 5 nitrogen and oxygen atoms in total. The number of guanidine groups is 1. The predicted octanol–water partition coefficient (Wildman–Crippen LogP) is 3.06. The number of nitrogens with zero attached hydrogens (tertiary/aromatic N) is 3. The number of aliphatic imine (C=N–C) groups is 1. The maximum atomic E-state index is 4.71. The molecule has 0 atom stereocenters. The summed E-state index contributed by atoms with van der Waals surface area (Å²) in [4.78, 5) is 9.13. The molecule has 2 N–H and O–H groups in total. The van der Waals surface area contributed by atoms with Crippen LogP contribution in [0, 0.1) is 0 Å². The quantitative estimate of drug-likeness (QED) is 0.765. The molecule has 3 aromatic rings. The van der Waals surface area contributed by atoms with Crippen molar-refractivity contribution >= 4 is 33.3 Å². The zero-order chi connectivity index (χ0) is 14.9. The number of para-hydroxylation sites is 1. The number of thiazole rings is 1. The molecule has 3 heterocycles. The highest BCUT2D eigenvalue weighted by molar-refractivity contribution is 7.14.